The highest BCUT2D eigenvalue weighted by atomic mass is 35.5. The molecule has 0 unspecified atom stereocenters. The van der Waals surface area contributed by atoms with Gasteiger partial charge < -0.3 is 0 Å². The Kier molecular flexibility index (Phi) is 5.00. The minimum Gasteiger partial charge on any atom is -0.292 e. The third-order valence-corrected chi connectivity index (χ3v) is 4.75. The molecule has 138 valence electrons. The molecule has 3 aromatic rings. The number of hydrogen-bond acceptors (Lipinski definition) is 4. The van der Waals surface area contributed by atoms with Crippen molar-refractivity contribution in [2.45, 2.75) is 12.5 Å². The highest BCUT2D eigenvalue weighted by molar-refractivity contribution is 6.30. The number of pyridine rings is 1. The Morgan fingerprint density at radius 2 is 1.86 bits per heavy atom. The maximum atomic E-state index is 13.1. The second kappa shape index (κ2) is 7.74. The third kappa shape index (κ3) is 3.44. The largest absolute Gasteiger partial charge is 0.292 e. The number of rotatable bonds is 4. The Labute approximate surface area is 167 Å². The highest BCUT2D eigenvalue weighted by Crippen LogP contribution is 2.31. The van der Waals surface area contributed by atoms with Gasteiger partial charge in [-0.05, 0) is 41.5 Å². The summed E-state index contributed by atoms with van der Waals surface area (Å²) in [6.07, 6.45) is 3.16. The summed E-state index contributed by atoms with van der Waals surface area (Å²) in [4.78, 5) is 35.8. The van der Waals surface area contributed by atoms with Crippen molar-refractivity contribution in [3.63, 3.8) is 0 Å². The summed E-state index contributed by atoms with van der Waals surface area (Å²) in [7, 11) is 0. The summed E-state index contributed by atoms with van der Waals surface area (Å²) in [5, 5.41) is 0.638. The molecule has 28 heavy (non-hydrogen) atoms. The summed E-state index contributed by atoms with van der Waals surface area (Å²) in [6, 6.07) is 19.6. The van der Waals surface area contributed by atoms with Crippen LogP contribution in [0.3, 0.4) is 0 Å². The first kappa shape index (κ1) is 18.1. The Bertz CT molecular complexity index is 1070. The summed E-state index contributed by atoms with van der Waals surface area (Å²) < 4.78 is 0. The van der Waals surface area contributed by atoms with Crippen molar-refractivity contribution in [1.82, 2.24) is 4.98 Å². The van der Waals surface area contributed by atoms with E-state index in [2.05, 4.69) is 9.98 Å². The van der Waals surface area contributed by atoms with Crippen LogP contribution in [0.15, 0.2) is 77.9 Å². The predicted octanol–water partition coefficient (Wildman–Crippen LogP) is 4.28. The smallest absolute Gasteiger partial charge is 0.266 e. The van der Waals surface area contributed by atoms with Crippen LogP contribution in [-0.2, 0) is 11.3 Å². The second-order valence-corrected chi connectivity index (χ2v) is 6.79. The van der Waals surface area contributed by atoms with Gasteiger partial charge in [-0.2, -0.15) is 0 Å². The van der Waals surface area contributed by atoms with E-state index in [1.54, 1.807) is 54.9 Å². The number of halogens is 1. The fourth-order valence-electron chi connectivity index (χ4n) is 3.20. The number of aromatic nitrogens is 1. The van der Waals surface area contributed by atoms with Crippen molar-refractivity contribution in [3.05, 3.63) is 94.6 Å². The van der Waals surface area contributed by atoms with Gasteiger partial charge in [0.2, 0.25) is 5.91 Å². The van der Waals surface area contributed by atoms with E-state index in [4.69, 9.17) is 11.6 Å². The monoisotopic (exact) mass is 389 g/mol. The van der Waals surface area contributed by atoms with E-state index in [9.17, 15) is 9.59 Å². The van der Waals surface area contributed by atoms with Gasteiger partial charge in [0.1, 0.15) is 5.82 Å². The molecule has 0 spiro atoms. The first-order valence-corrected chi connectivity index (χ1v) is 9.15. The van der Waals surface area contributed by atoms with Crippen molar-refractivity contribution in [1.29, 1.82) is 0 Å². The van der Waals surface area contributed by atoms with Gasteiger partial charge in [0.25, 0.3) is 5.91 Å². The Morgan fingerprint density at radius 1 is 1.04 bits per heavy atom. The van der Waals surface area contributed by atoms with Crippen LogP contribution in [0.2, 0.25) is 5.02 Å². The zero-order valence-electron chi connectivity index (χ0n) is 14.8. The van der Waals surface area contributed by atoms with Crippen molar-refractivity contribution in [3.8, 4) is 0 Å². The molecule has 0 bridgehead atoms. The molecule has 0 fully saturated rings. The van der Waals surface area contributed by atoms with Gasteiger partial charge in [-0.25, -0.2) is 9.88 Å². The number of hydrogen-bond donors (Lipinski definition) is 0. The quantitative estimate of drug-likeness (QED) is 0.494. The number of carbonyl (C=O) groups is 2. The zero-order chi connectivity index (χ0) is 19.5. The molecule has 0 saturated heterocycles. The third-order valence-electron chi connectivity index (χ3n) is 4.51. The van der Waals surface area contributed by atoms with Gasteiger partial charge in [-0.1, -0.05) is 48.0 Å². The molecule has 1 atom stereocenters. The standard InChI is InChI=1S/C22H16ClN3O2/c23-16-7-5-6-15(12-16)13-24-14-19-17-8-1-2-9-18(17)21(27)26(22(19)28)20-10-3-4-11-25-20/h1-12,14,19H,13H2/t19-/m1/s1. The van der Waals surface area contributed by atoms with E-state index in [0.29, 0.717) is 28.5 Å². The molecule has 6 heteroatoms. The molecule has 2 heterocycles. The molecule has 2 amide bonds. The van der Waals surface area contributed by atoms with Gasteiger partial charge in [0.05, 0.1) is 12.5 Å². The SMILES string of the molecule is O=C1c2ccccc2[C@@H](C=NCc2cccc(Cl)c2)C(=O)N1c1ccccn1. The van der Waals surface area contributed by atoms with Crippen LogP contribution in [0.25, 0.3) is 0 Å². The van der Waals surface area contributed by atoms with Crippen molar-refractivity contribution in [2.24, 2.45) is 4.99 Å². The van der Waals surface area contributed by atoms with Crippen LogP contribution in [0.4, 0.5) is 5.82 Å². The fraction of sp³-hybridized carbons (Fsp3) is 0.0909. The van der Waals surface area contributed by atoms with Gasteiger partial charge in [0.15, 0.2) is 0 Å². The van der Waals surface area contributed by atoms with E-state index < -0.39 is 5.92 Å². The van der Waals surface area contributed by atoms with Crippen LogP contribution in [0, 0.1) is 0 Å². The maximum Gasteiger partial charge on any atom is 0.266 e. The molecule has 0 radical (unpaired) electrons. The molecular weight excluding hydrogens is 374 g/mol. The molecule has 2 aromatic carbocycles. The van der Waals surface area contributed by atoms with E-state index in [-0.39, 0.29) is 11.8 Å². The Morgan fingerprint density at radius 3 is 2.64 bits per heavy atom. The summed E-state index contributed by atoms with van der Waals surface area (Å²) in [5.74, 6) is -1.09. The van der Waals surface area contributed by atoms with Crippen molar-refractivity contribution >= 4 is 35.4 Å². The first-order chi connectivity index (χ1) is 13.6. The molecule has 5 nitrogen and oxygen atoms in total. The molecule has 0 saturated carbocycles. The number of nitrogens with zero attached hydrogens (tertiary/aromatic N) is 3. The number of aliphatic imine (C=N–C) groups is 1. The predicted molar refractivity (Wildman–Crippen MR) is 109 cm³/mol. The lowest BCUT2D eigenvalue weighted by molar-refractivity contribution is -0.118. The topological polar surface area (TPSA) is 62.6 Å². The lowest BCUT2D eigenvalue weighted by Crippen LogP contribution is -2.45. The average molecular weight is 390 g/mol. The van der Waals surface area contributed by atoms with E-state index in [1.165, 1.54) is 0 Å². The summed E-state index contributed by atoms with van der Waals surface area (Å²) >= 11 is 6.01. The first-order valence-electron chi connectivity index (χ1n) is 8.78. The van der Waals surface area contributed by atoms with Crippen molar-refractivity contribution in [2.75, 3.05) is 4.90 Å². The lowest BCUT2D eigenvalue weighted by Gasteiger charge is -2.30. The van der Waals surface area contributed by atoms with E-state index >= 15 is 0 Å². The van der Waals surface area contributed by atoms with Crippen LogP contribution in [0.1, 0.15) is 27.4 Å². The molecule has 0 N–H and O–H groups in total. The fourth-order valence-corrected chi connectivity index (χ4v) is 3.41. The zero-order valence-corrected chi connectivity index (χ0v) is 15.6. The molecule has 1 aliphatic heterocycles. The lowest BCUT2D eigenvalue weighted by atomic mass is 9.89. The van der Waals surface area contributed by atoms with Crippen LogP contribution in [0.5, 0.6) is 0 Å². The van der Waals surface area contributed by atoms with Crippen LogP contribution < -0.4 is 4.90 Å². The van der Waals surface area contributed by atoms with Crippen LogP contribution >= 0.6 is 11.6 Å². The normalized spacial score (nSPS) is 16.5. The van der Waals surface area contributed by atoms with Crippen molar-refractivity contribution < 1.29 is 9.59 Å². The second-order valence-electron chi connectivity index (χ2n) is 6.35. The van der Waals surface area contributed by atoms with E-state index in [1.807, 2.05) is 24.3 Å². The summed E-state index contributed by atoms with van der Waals surface area (Å²) in [6.45, 7) is 0.393. The molecule has 1 aliphatic rings. The average Bonchev–Trinajstić information content (AvgIpc) is 2.71. The van der Waals surface area contributed by atoms with Gasteiger partial charge >= 0.3 is 0 Å². The highest BCUT2D eigenvalue weighted by Gasteiger charge is 2.39. The maximum absolute atomic E-state index is 13.1. The molecular formula is C22H16ClN3O2. The van der Waals surface area contributed by atoms with Crippen LogP contribution in [-0.4, -0.2) is 23.0 Å². The number of benzene rings is 2. The van der Waals surface area contributed by atoms with E-state index in [0.717, 1.165) is 10.5 Å². The molecule has 1 aromatic heterocycles. The Hall–Kier alpha value is -3.31. The number of anilines is 1. The van der Waals surface area contributed by atoms with Gasteiger partial charge in [-0.15, -0.1) is 0 Å². The minimum absolute atomic E-state index is 0.306. The van der Waals surface area contributed by atoms with Gasteiger partial charge in [0, 0.05) is 23.0 Å². The number of imide groups is 1. The van der Waals surface area contributed by atoms with Gasteiger partial charge in [-0.3, -0.25) is 14.6 Å². The number of fused-ring (bicyclic) bond motifs is 1. The molecule has 0 aliphatic carbocycles. The molecule has 4 rings (SSSR count). The number of amides is 2. The minimum atomic E-state index is -0.657. The number of carbonyl (C=O) groups excluding carboxylic acids is 2. The Balaban J connectivity index is 1.69. The summed E-state index contributed by atoms with van der Waals surface area (Å²) in [5.41, 5.74) is 2.07.